The third kappa shape index (κ3) is 8.92. The molecule has 0 bridgehead atoms. The quantitative estimate of drug-likeness (QED) is 0.599. The summed E-state index contributed by atoms with van der Waals surface area (Å²) in [6, 6.07) is 0. The van der Waals surface area contributed by atoms with Crippen molar-refractivity contribution in [3.8, 4) is 0 Å². The molecule has 0 aromatic carbocycles. The van der Waals surface area contributed by atoms with Crippen LogP contribution in [0.15, 0.2) is 31.1 Å². The molecule has 21 heavy (non-hydrogen) atoms. The molecule has 0 atom stereocenters. The van der Waals surface area contributed by atoms with Gasteiger partial charge < -0.3 is 14.8 Å². The van der Waals surface area contributed by atoms with Gasteiger partial charge in [-0.15, -0.1) is 0 Å². The number of aromatic amines is 1. The topological polar surface area (TPSA) is 89.5 Å². The van der Waals surface area contributed by atoms with E-state index in [2.05, 4.69) is 46.1 Å². The van der Waals surface area contributed by atoms with Gasteiger partial charge in [-0.2, -0.15) is 21.6 Å². The SMILES string of the molecule is CCN1C=CN(C)C1.O=S(=O)(O)C(F)(F)F.c1c[nH]cn1. The lowest BCUT2D eigenvalue weighted by Crippen LogP contribution is -2.21. The van der Waals surface area contributed by atoms with E-state index in [1.807, 2.05) is 0 Å². The Bertz CT molecular complexity index is 485. The Balaban J connectivity index is 0.000000293. The minimum absolute atomic E-state index is 1.05. The van der Waals surface area contributed by atoms with Crippen molar-refractivity contribution in [1.29, 1.82) is 0 Å². The Morgan fingerprint density at radius 1 is 1.38 bits per heavy atom. The van der Waals surface area contributed by atoms with Crippen molar-refractivity contribution in [1.82, 2.24) is 19.8 Å². The van der Waals surface area contributed by atoms with Gasteiger partial charge in [-0.3, -0.25) is 4.55 Å². The number of H-pyrrole nitrogens is 1. The van der Waals surface area contributed by atoms with E-state index in [9.17, 15) is 13.2 Å². The first-order valence-electron chi connectivity index (χ1n) is 5.67. The molecule has 0 aliphatic carbocycles. The standard InChI is InChI=1S/C6H12N2.C3H4N2.CHF3O3S/c1-3-8-5-4-7(2)6-8;1-2-5-3-4-1;2-1(3,4)8(5,6)7/h4-5H,3,6H2,1-2H3;1-3H,(H,4,5);(H,5,6,7). The van der Waals surface area contributed by atoms with E-state index in [4.69, 9.17) is 13.0 Å². The van der Waals surface area contributed by atoms with Gasteiger partial charge >= 0.3 is 15.6 Å². The van der Waals surface area contributed by atoms with Crippen molar-refractivity contribution in [2.75, 3.05) is 20.3 Å². The monoisotopic (exact) mass is 330 g/mol. The van der Waals surface area contributed by atoms with E-state index in [1.54, 1.807) is 18.7 Å². The molecule has 1 aliphatic heterocycles. The summed E-state index contributed by atoms with van der Waals surface area (Å²) in [5.74, 6) is 0. The van der Waals surface area contributed by atoms with Crippen molar-refractivity contribution >= 4 is 10.1 Å². The number of alkyl halides is 3. The second-order valence-corrected chi connectivity index (χ2v) is 5.20. The van der Waals surface area contributed by atoms with Crippen LogP contribution in [0.5, 0.6) is 0 Å². The van der Waals surface area contributed by atoms with Crippen LogP contribution in [0.25, 0.3) is 0 Å². The number of halogens is 3. The number of imidazole rings is 1. The number of nitrogens with one attached hydrogen (secondary N) is 1. The van der Waals surface area contributed by atoms with Crippen LogP contribution in [-0.4, -0.2) is 58.5 Å². The minimum atomic E-state index is -5.84. The van der Waals surface area contributed by atoms with Gasteiger partial charge in [0.2, 0.25) is 0 Å². The lowest BCUT2D eigenvalue weighted by atomic mass is 10.6. The molecule has 2 heterocycles. The number of nitrogens with zero attached hydrogens (tertiary/aromatic N) is 3. The molecule has 0 saturated carbocycles. The highest BCUT2D eigenvalue weighted by Gasteiger charge is 2.44. The van der Waals surface area contributed by atoms with Crippen LogP contribution in [0.2, 0.25) is 0 Å². The van der Waals surface area contributed by atoms with Crippen LogP contribution >= 0.6 is 0 Å². The van der Waals surface area contributed by atoms with Gasteiger partial charge in [-0.1, -0.05) is 0 Å². The first-order valence-corrected chi connectivity index (χ1v) is 7.11. The molecule has 1 aromatic rings. The first-order chi connectivity index (χ1) is 9.58. The zero-order valence-corrected chi connectivity index (χ0v) is 12.3. The fourth-order valence-electron chi connectivity index (χ4n) is 1.01. The number of hydrogen-bond acceptors (Lipinski definition) is 5. The smallest absolute Gasteiger partial charge is 0.362 e. The van der Waals surface area contributed by atoms with Crippen LogP contribution in [0.1, 0.15) is 6.92 Å². The highest BCUT2D eigenvalue weighted by molar-refractivity contribution is 7.86. The second-order valence-electron chi connectivity index (χ2n) is 3.78. The molecule has 0 amide bonds. The highest BCUT2D eigenvalue weighted by atomic mass is 32.2. The molecule has 0 fully saturated rings. The zero-order valence-electron chi connectivity index (χ0n) is 11.4. The van der Waals surface area contributed by atoms with E-state index in [0.717, 1.165) is 13.2 Å². The Kier molecular flexibility index (Phi) is 7.81. The van der Waals surface area contributed by atoms with Crippen LogP contribution in [0.3, 0.4) is 0 Å². The summed E-state index contributed by atoms with van der Waals surface area (Å²) < 4.78 is 57.5. The number of aromatic nitrogens is 2. The van der Waals surface area contributed by atoms with Gasteiger partial charge in [0.25, 0.3) is 0 Å². The van der Waals surface area contributed by atoms with E-state index >= 15 is 0 Å². The summed E-state index contributed by atoms with van der Waals surface area (Å²) in [5, 5.41) is 0. The average molecular weight is 330 g/mol. The molecule has 122 valence electrons. The minimum Gasteiger partial charge on any atom is -0.362 e. The van der Waals surface area contributed by atoms with E-state index in [-0.39, 0.29) is 0 Å². The molecule has 11 heteroatoms. The lowest BCUT2D eigenvalue weighted by molar-refractivity contribution is -0.0510. The van der Waals surface area contributed by atoms with Gasteiger partial charge in [0, 0.05) is 38.4 Å². The maximum absolute atomic E-state index is 10.7. The molecule has 0 unspecified atom stereocenters. The third-order valence-electron chi connectivity index (χ3n) is 2.04. The van der Waals surface area contributed by atoms with Crippen molar-refractivity contribution < 1.29 is 26.1 Å². The van der Waals surface area contributed by atoms with Crippen molar-refractivity contribution in [3.05, 3.63) is 31.1 Å². The number of rotatable bonds is 1. The second kappa shape index (κ2) is 8.52. The maximum atomic E-state index is 10.7. The molecular formula is C10H17F3N4O3S. The van der Waals surface area contributed by atoms with Gasteiger partial charge in [0.1, 0.15) is 0 Å². The van der Waals surface area contributed by atoms with Crippen LogP contribution < -0.4 is 0 Å². The highest BCUT2D eigenvalue weighted by Crippen LogP contribution is 2.20. The molecule has 0 saturated heterocycles. The molecule has 0 spiro atoms. The largest absolute Gasteiger partial charge is 0.522 e. The Morgan fingerprint density at radius 2 is 1.95 bits per heavy atom. The predicted octanol–water partition coefficient (Wildman–Crippen LogP) is 1.49. The molecule has 0 radical (unpaired) electrons. The summed E-state index contributed by atoms with van der Waals surface area (Å²) in [5.41, 5.74) is -5.53. The maximum Gasteiger partial charge on any atom is 0.522 e. The van der Waals surface area contributed by atoms with Gasteiger partial charge in [0.05, 0.1) is 13.0 Å². The van der Waals surface area contributed by atoms with E-state index in [0.29, 0.717) is 0 Å². The fraction of sp³-hybridized carbons (Fsp3) is 0.500. The Labute approximate surface area is 120 Å². The van der Waals surface area contributed by atoms with Gasteiger partial charge in [-0.25, -0.2) is 4.98 Å². The summed E-state index contributed by atoms with van der Waals surface area (Å²) >= 11 is 0. The Hall–Kier alpha value is -1.75. The molecule has 1 aromatic heterocycles. The molecule has 2 rings (SSSR count). The Morgan fingerprint density at radius 3 is 2.10 bits per heavy atom. The van der Waals surface area contributed by atoms with Crippen LogP contribution in [0.4, 0.5) is 13.2 Å². The molecular weight excluding hydrogens is 313 g/mol. The van der Waals surface area contributed by atoms with E-state index in [1.165, 1.54) is 0 Å². The molecule has 1 aliphatic rings. The molecule has 2 N–H and O–H groups in total. The van der Waals surface area contributed by atoms with E-state index < -0.39 is 15.6 Å². The van der Waals surface area contributed by atoms with Crippen LogP contribution in [0, 0.1) is 0 Å². The average Bonchev–Trinajstić information content (AvgIpc) is 3.00. The normalized spacial score (nSPS) is 14.2. The van der Waals surface area contributed by atoms with Crippen molar-refractivity contribution in [2.45, 2.75) is 12.4 Å². The lowest BCUT2D eigenvalue weighted by Gasteiger charge is -2.14. The van der Waals surface area contributed by atoms with Crippen LogP contribution in [-0.2, 0) is 10.1 Å². The van der Waals surface area contributed by atoms with Crippen molar-refractivity contribution in [3.63, 3.8) is 0 Å². The zero-order chi connectivity index (χ0) is 16.5. The number of hydrogen-bond donors (Lipinski definition) is 2. The summed E-state index contributed by atoms with van der Waals surface area (Å²) in [7, 11) is -3.76. The summed E-state index contributed by atoms with van der Waals surface area (Å²) in [4.78, 5) is 10.8. The third-order valence-corrected chi connectivity index (χ3v) is 2.63. The van der Waals surface area contributed by atoms with Crippen molar-refractivity contribution in [2.24, 2.45) is 0 Å². The summed E-state index contributed by atoms with van der Waals surface area (Å²) in [6.07, 6.45) is 9.28. The predicted molar refractivity (Wildman–Crippen MR) is 70.3 cm³/mol. The summed E-state index contributed by atoms with van der Waals surface area (Å²) in [6.45, 7) is 4.32. The molecule has 7 nitrogen and oxygen atoms in total. The fourth-order valence-corrected chi connectivity index (χ4v) is 1.01. The first kappa shape index (κ1) is 19.2. The van der Waals surface area contributed by atoms with Gasteiger partial charge in [0.15, 0.2) is 0 Å². The van der Waals surface area contributed by atoms with Gasteiger partial charge in [-0.05, 0) is 6.92 Å².